The largest absolute Gasteiger partial charge is 0.383 e. The molecule has 0 heterocycles. The Balaban J connectivity index is 3.12. The third-order valence-corrected chi connectivity index (χ3v) is 2.51. The standard InChI is InChI=1S/C12H17BrN2/c1-8-5-6-9(10(13)7-8)11(14)15-12(2,3)4/h5-7H,1-4H3,(H2,14,15). The molecule has 3 heteroatoms. The minimum Gasteiger partial charge on any atom is -0.383 e. The topological polar surface area (TPSA) is 38.4 Å². The Bertz CT molecular complexity index is 389. The SMILES string of the molecule is Cc1ccc(C(N)=NC(C)(C)C)c(Br)c1. The molecular formula is C12H17BrN2. The number of hydrogen-bond acceptors (Lipinski definition) is 1. The van der Waals surface area contributed by atoms with E-state index in [9.17, 15) is 0 Å². The summed E-state index contributed by atoms with van der Waals surface area (Å²) in [5.41, 5.74) is 7.96. The minimum absolute atomic E-state index is 0.144. The number of benzene rings is 1. The van der Waals surface area contributed by atoms with Gasteiger partial charge in [0.1, 0.15) is 5.84 Å². The van der Waals surface area contributed by atoms with Gasteiger partial charge in [0.15, 0.2) is 0 Å². The minimum atomic E-state index is -0.144. The molecular weight excluding hydrogens is 252 g/mol. The molecule has 2 nitrogen and oxygen atoms in total. The number of halogens is 1. The molecule has 1 aromatic carbocycles. The van der Waals surface area contributed by atoms with E-state index in [1.807, 2.05) is 45.9 Å². The van der Waals surface area contributed by atoms with Crippen LogP contribution in [0, 0.1) is 6.92 Å². The number of nitrogens with zero attached hydrogens (tertiary/aromatic N) is 1. The van der Waals surface area contributed by atoms with Gasteiger partial charge in [0.2, 0.25) is 0 Å². The van der Waals surface area contributed by atoms with Gasteiger partial charge in [0.25, 0.3) is 0 Å². The highest BCUT2D eigenvalue weighted by Gasteiger charge is 2.11. The molecule has 15 heavy (non-hydrogen) atoms. The lowest BCUT2D eigenvalue weighted by atomic mass is 10.1. The summed E-state index contributed by atoms with van der Waals surface area (Å²) >= 11 is 3.49. The van der Waals surface area contributed by atoms with Crippen molar-refractivity contribution in [1.82, 2.24) is 0 Å². The molecule has 2 N–H and O–H groups in total. The highest BCUT2D eigenvalue weighted by molar-refractivity contribution is 9.10. The second-order valence-electron chi connectivity index (χ2n) is 4.65. The molecule has 0 aliphatic carbocycles. The molecule has 0 aliphatic heterocycles. The summed E-state index contributed by atoms with van der Waals surface area (Å²) in [6, 6.07) is 6.06. The molecule has 0 saturated heterocycles. The average Bonchev–Trinajstić information content (AvgIpc) is 1.99. The normalized spacial score (nSPS) is 13.0. The molecule has 1 aromatic rings. The molecule has 0 amide bonds. The van der Waals surface area contributed by atoms with Crippen LogP contribution in [-0.4, -0.2) is 11.4 Å². The van der Waals surface area contributed by atoms with Gasteiger partial charge in [-0.05, 0) is 45.4 Å². The second kappa shape index (κ2) is 4.35. The van der Waals surface area contributed by atoms with E-state index in [2.05, 4.69) is 20.9 Å². The van der Waals surface area contributed by atoms with Crippen molar-refractivity contribution in [3.63, 3.8) is 0 Å². The van der Waals surface area contributed by atoms with Gasteiger partial charge >= 0.3 is 0 Å². The fourth-order valence-electron chi connectivity index (χ4n) is 1.25. The number of hydrogen-bond donors (Lipinski definition) is 1. The van der Waals surface area contributed by atoms with Crippen LogP contribution < -0.4 is 5.73 Å². The number of aryl methyl sites for hydroxylation is 1. The number of aliphatic imine (C=N–C) groups is 1. The first kappa shape index (κ1) is 12.2. The van der Waals surface area contributed by atoms with Gasteiger partial charge in [-0.1, -0.05) is 22.0 Å². The summed E-state index contributed by atoms with van der Waals surface area (Å²) < 4.78 is 0.994. The van der Waals surface area contributed by atoms with Crippen LogP contribution in [0.5, 0.6) is 0 Å². The van der Waals surface area contributed by atoms with Crippen molar-refractivity contribution >= 4 is 21.8 Å². The predicted octanol–water partition coefficient (Wildman–Crippen LogP) is 3.26. The van der Waals surface area contributed by atoms with Gasteiger partial charge < -0.3 is 5.73 Å². The zero-order chi connectivity index (χ0) is 11.6. The molecule has 0 atom stereocenters. The monoisotopic (exact) mass is 268 g/mol. The Kier molecular flexibility index (Phi) is 3.55. The van der Waals surface area contributed by atoms with E-state index in [0.29, 0.717) is 5.84 Å². The fraction of sp³-hybridized carbons (Fsp3) is 0.417. The van der Waals surface area contributed by atoms with Crippen LogP contribution in [0.1, 0.15) is 31.9 Å². The average molecular weight is 269 g/mol. The van der Waals surface area contributed by atoms with Crippen molar-refractivity contribution < 1.29 is 0 Å². The van der Waals surface area contributed by atoms with E-state index in [1.165, 1.54) is 5.56 Å². The van der Waals surface area contributed by atoms with Crippen LogP contribution in [0.25, 0.3) is 0 Å². The summed E-state index contributed by atoms with van der Waals surface area (Å²) in [6.07, 6.45) is 0. The van der Waals surface area contributed by atoms with E-state index in [4.69, 9.17) is 5.73 Å². The third-order valence-electron chi connectivity index (χ3n) is 1.86. The molecule has 0 unspecified atom stereocenters. The first-order chi connectivity index (χ1) is 6.79. The van der Waals surface area contributed by atoms with Crippen molar-refractivity contribution in [2.24, 2.45) is 10.7 Å². The van der Waals surface area contributed by atoms with E-state index < -0.39 is 0 Å². The summed E-state index contributed by atoms with van der Waals surface area (Å²) in [6.45, 7) is 8.14. The molecule has 0 saturated carbocycles. The Labute approximate surface area is 99.7 Å². The summed E-state index contributed by atoms with van der Waals surface area (Å²) in [5, 5.41) is 0. The maximum absolute atomic E-state index is 5.95. The van der Waals surface area contributed by atoms with Crippen LogP contribution in [0.15, 0.2) is 27.7 Å². The number of amidine groups is 1. The smallest absolute Gasteiger partial charge is 0.127 e. The molecule has 1 rings (SSSR count). The highest BCUT2D eigenvalue weighted by Crippen LogP contribution is 2.19. The molecule has 0 bridgehead atoms. The van der Waals surface area contributed by atoms with Crippen molar-refractivity contribution in [2.75, 3.05) is 0 Å². The fourth-order valence-corrected chi connectivity index (χ4v) is 1.95. The molecule has 0 aromatic heterocycles. The van der Waals surface area contributed by atoms with Gasteiger partial charge in [0, 0.05) is 10.0 Å². The zero-order valence-electron chi connectivity index (χ0n) is 9.63. The maximum Gasteiger partial charge on any atom is 0.127 e. The molecule has 0 fully saturated rings. The summed E-state index contributed by atoms with van der Waals surface area (Å²) in [7, 11) is 0. The molecule has 0 aliphatic rings. The van der Waals surface area contributed by atoms with Crippen molar-refractivity contribution in [1.29, 1.82) is 0 Å². The van der Waals surface area contributed by atoms with Crippen LogP contribution in [0.2, 0.25) is 0 Å². The maximum atomic E-state index is 5.95. The van der Waals surface area contributed by atoms with E-state index in [1.54, 1.807) is 0 Å². The molecule has 0 radical (unpaired) electrons. The van der Waals surface area contributed by atoms with E-state index in [-0.39, 0.29) is 5.54 Å². The first-order valence-corrected chi connectivity index (χ1v) is 5.71. The van der Waals surface area contributed by atoms with Crippen LogP contribution in [0.4, 0.5) is 0 Å². The first-order valence-electron chi connectivity index (χ1n) is 4.91. The van der Waals surface area contributed by atoms with Crippen LogP contribution in [-0.2, 0) is 0 Å². The Morgan fingerprint density at radius 1 is 1.33 bits per heavy atom. The van der Waals surface area contributed by atoms with Crippen molar-refractivity contribution in [3.8, 4) is 0 Å². The second-order valence-corrected chi connectivity index (χ2v) is 5.51. The summed E-state index contributed by atoms with van der Waals surface area (Å²) in [4.78, 5) is 4.43. The molecule has 0 spiro atoms. The number of nitrogens with two attached hydrogens (primary N) is 1. The number of rotatable bonds is 1. The van der Waals surface area contributed by atoms with E-state index in [0.717, 1.165) is 10.0 Å². The van der Waals surface area contributed by atoms with Crippen molar-refractivity contribution in [3.05, 3.63) is 33.8 Å². The van der Waals surface area contributed by atoms with Gasteiger partial charge in [-0.2, -0.15) is 0 Å². The molecule has 82 valence electrons. The van der Waals surface area contributed by atoms with Crippen LogP contribution >= 0.6 is 15.9 Å². The Morgan fingerprint density at radius 2 is 1.93 bits per heavy atom. The summed E-state index contributed by atoms with van der Waals surface area (Å²) in [5.74, 6) is 0.578. The lowest BCUT2D eigenvalue weighted by Crippen LogP contribution is -2.21. The third kappa shape index (κ3) is 3.67. The van der Waals surface area contributed by atoms with Gasteiger partial charge in [0.05, 0.1) is 5.54 Å². The highest BCUT2D eigenvalue weighted by atomic mass is 79.9. The quantitative estimate of drug-likeness (QED) is 0.616. The lowest BCUT2D eigenvalue weighted by Gasteiger charge is -2.14. The van der Waals surface area contributed by atoms with E-state index >= 15 is 0 Å². The Hall–Kier alpha value is -0.830. The lowest BCUT2D eigenvalue weighted by molar-refractivity contribution is 0.583. The Morgan fingerprint density at radius 3 is 2.40 bits per heavy atom. The van der Waals surface area contributed by atoms with Crippen molar-refractivity contribution in [2.45, 2.75) is 33.2 Å². The van der Waals surface area contributed by atoms with Gasteiger partial charge in [-0.3, -0.25) is 4.99 Å². The van der Waals surface area contributed by atoms with Gasteiger partial charge in [-0.15, -0.1) is 0 Å². The van der Waals surface area contributed by atoms with Crippen LogP contribution in [0.3, 0.4) is 0 Å². The zero-order valence-corrected chi connectivity index (χ0v) is 11.2. The van der Waals surface area contributed by atoms with Gasteiger partial charge in [-0.25, -0.2) is 0 Å². The predicted molar refractivity (Wildman–Crippen MR) is 69.4 cm³/mol.